The molecule has 0 atom stereocenters. The number of benzene rings is 1. The highest BCUT2D eigenvalue weighted by molar-refractivity contribution is 6.00. The molecule has 0 bridgehead atoms. The number of carbonyl (C=O) groups is 1. The van der Waals surface area contributed by atoms with E-state index in [4.69, 9.17) is 9.57 Å². The second-order valence-electron chi connectivity index (χ2n) is 8.35. The molecule has 0 saturated heterocycles. The van der Waals surface area contributed by atoms with Crippen LogP contribution in [0.3, 0.4) is 0 Å². The van der Waals surface area contributed by atoms with Crippen LogP contribution in [-0.2, 0) is 16.2 Å². The van der Waals surface area contributed by atoms with Crippen LogP contribution in [0, 0.1) is 5.92 Å². The van der Waals surface area contributed by atoms with Gasteiger partial charge in [0.1, 0.15) is 12.4 Å². The number of amides is 1. The Bertz CT molecular complexity index is 914. The molecule has 1 aliphatic carbocycles. The molecule has 0 aliphatic heterocycles. The molecule has 0 unspecified atom stereocenters. The fraction of sp³-hybridized carbons (Fsp3) is 0.480. The van der Waals surface area contributed by atoms with Crippen molar-refractivity contribution in [3.63, 3.8) is 0 Å². The van der Waals surface area contributed by atoms with Crippen molar-refractivity contribution < 1.29 is 23.1 Å². The van der Waals surface area contributed by atoms with Gasteiger partial charge in [0.25, 0.3) is 0 Å². The van der Waals surface area contributed by atoms with E-state index in [1.54, 1.807) is 24.5 Å². The molecule has 1 aromatic heterocycles. The lowest BCUT2D eigenvalue weighted by Crippen LogP contribution is -2.46. The summed E-state index contributed by atoms with van der Waals surface area (Å²) in [5, 5.41) is 4.17. The Morgan fingerprint density at radius 1 is 1.12 bits per heavy atom. The number of hydrogen-bond donors (Lipinski definition) is 0. The van der Waals surface area contributed by atoms with Gasteiger partial charge in [-0.3, -0.25) is 9.78 Å². The molecule has 2 aromatic rings. The standard InChI is InChI=1S/C25H31F2N3O3/c1-3-23(29-32-18-20-13-15-28-16-14-20)21-9-11-22(12-10-21)33-25(26,27)24(31)30(2)17-19-7-5-4-6-8-19/h9-16,19H,3-8,17-18H2,1-2H3/b29-23-. The van der Waals surface area contributed by atoms with Gasteiger partial charge in [-0.25, -0.2) is 0 Å². The number of hydrogen-bond acceptors (Lipinski definition) is 5. The molecule has 1 saturated carbocycles. The molecule has 0 radical (unpaired) electrons. The van der Waals surface area contributed by atoms with E-state index in [1.807, 2.05) is 19.1 Å². The SMILES string of the molecule is CC/C(=N/OCc1ccncc1)c1ccc(OC(F)(F)C(=O)N(C)CC2CCCCC2)cc1. The molecule has 1 fully saturated rings. The maximum absolute atomic E-state index is 14.5. The first-order valence-electron chi connectivity index (χ1n) is 11.4. The number of oxime groups is 1. The quantitative estimate of drug-likeness (QED) is 0.351. The molecular formula is C25H31F2N3O3. The molecule has 6 nitrogen and oxygen atoms in total. The van der Waals surface area contributed by atoms with Gasteiger partial charge in [-0.15, -0.1) is 0 Å². The maximum atomic E-state index is 14.5. The highest BCUT2D eigenvalue weighted by Gasteiger charge is 2.44. The smallest absolute Gasteiger partial charge is 0.425 e. The Balaban J connectivity index is 1.57. The molecule has 1 heterocycles. The highest BCUT2D eigenvalue weighted by atomic mass is 19.3. The number of halogens is 2. The Morgan fingerprint density at radius 2 is 1.79 bits per heavy atom. The second-order valence-corrected chi connectivity index (χ2v) is 8.35. The third kappa shape index (κ3) is 7.23. The maximum Gasteiger partial charge on any atom is 0.482 e. The highest BCUT2D eigenvalue weighted by Crippen LogP contribution is 2.27. The second kappa shape index (κ2) is 11.7. The molecule has 1 amide bonds. The Hall–Kier alpha value is -3.03. The molecule has 1 aromatic carbocycles. The predicted molar refractivity (Wildman–Crippen MR) is 122 cm³/mol. The number of nitrogens with zero attached hydrogens (tertiary/aromatic N) is 3. The minimum atomic E-state index is -3.93. The molecule has 0 spiro atoms. The van der Waals surface area contributed by atoms with Crippen LogP contribution in [-0.4, -0.2) is 41.2 Å². The largest absolute Gasteiger partial charge is 0.482 e. The Labute approximate surface area is 193 Å². The summed E-state index contributed by atoms with van der Waals surface area (Å²) in [4.78, 5) is 22.8. The van der Waals surface area contributed by atoms with Crippen LogP contribution in [0.2, 0.25) is 0 Å². The summed E-state index contributed by atoms with van der Waals surface area (Å²) in [6.07, 6.45) is 5.31. The van der Waals surface area contributed by atoms with E-state index in [9.17, 15) is 13.6 Å². The summed E-state index contributed by atoms with van der Waals surface area (Å²) < 4.78 is 33.8. The van der Waals surface area contributed by atoms with Crippen LogP contribution in [0.5, 0.6) is 5.75 Å². The van der Waals surface area contributed by atoms with Gasteiger partial charge < -0.3 is 14.5 Å². The summed E-state index contributed by atoms with van der Waals surface area (Å²) in [6.45, 7) is 2.55. The van der Waals surface area contributed by atoms with Crippen molar-refractivity contribution in [3.05, 3.63) is 59.9 Å². The first-order chi connectivity index (χ1) is 15.9. The van der Waals surface area contributed by atoms with Crippen molar-refractivity contribution in [1.29, 1.82) is 0 Å². The van der Waals surface area contributed by atoms with Crippen molar-refractivity contribution in [1.82, 2.24) is 9.88 Å². The minimum absolute atomic E-state index is 0.0867. The van der Waals surface area contributed by atoms with Crippen molar-refractivity contribution in [2.45, 2.75) is 58.2 Å². The van der Waals surface area contributed by atoms with Gasteiger partial charge in [-0.2, -0.15) is 8.78 Å². The number of ether oxygens (including phenoxy) is 1. The number of carbonyl (C=O) groups excluding carboxylic acids is 1. The van der Waals surface area contributed by atoms with E-state index < -0.39 is 12.0 Å². The van der Waals surface area contributed by atoms with Crippen LogP contribution < -0.4 is 4.74 Å². The lowest BCUT2D eigenvalue weighted by atomic mass is 9.89. The number of aromatic nitrogens is 1. The van der Waals surface area contributed by atoms with Gasteiger partial charge >= 0.3 is 12.0 Å². The lowest BCUT2D eigenvalue weighted by molar-refractivity contribution is -0.203. The summed E-state index contributed by atoms with van der Waals surface area (Å²) in [7, 11) is 1.41. The first kappa shape index (κ1) is 24.6. The lowest BCUT2D eigenvalue weighted by Gasteiger charge is -2.29. The van der Waals surface area contributed by atoms with Crippen LogP contribution in [0.15, 0.2) is 53.9 Å². The molecule has 178 valence electrons. The summed E-state index contributed by atoms with van der Waals surface area (Å²) in [6, 6.07) is 9.74. The summed E-state index contributed by atoms with van der Waals surface area (Å²) in [5.74, 6) is -1.14. The Morgan fingerprint density at radius 3 is 2.42 bits per heavy atom. The van der Waals surface area contributed by atoms with Gasteiger partial charge in [0.05, 0.1) is 5.71 Å². The fourth-order valence-electron chi connectivity index (χ4n) is 3.95. The van der Waals surface area contributed by atoms with E-state index in [-0.39, 0.29) is 11.7 Å². The number of rotatable bonds is 10. The van der Waals surface area contributed by atoms with E-state index in [2.05, 4.69) is 10.1 Å². The fourth-order valence-corrected chi connectivity index (χ4v) is 3.95. The number of pyridine rings is 1. The average molecular weight is 460 g/mol. The molecule has 33 heavy (non-hydrogen) atoms. The third-order valence-electron chi connectivity index (χ3n) is 5.78. The molecule has 3 rings (SSSR count). The van der Waals surface area contributed by atoms with Gasteiger partial charge in [-0.1, -0.05) is 31.3 Å². The predicted octanol–water partition coefficient (Wildman–Crippen LogP) is 5.42. The van der Waals surface area contributed by atoms with Gasteiger partial charge in [0, 0.05) is 26.0 Å². The topological polar surface area (TPSA) is 64.0 Å². The number of likely N-dealkylation sites (N-methyl/N-ethyl adjacent to an activating group) is 1. The van der Waals surface area contributed by atoms with Crippen LogP contribution in [0.1, 0.15) is 56.6 Å². The van der Waals surface area contributed by atoms with Crippen molar-refractivity contribution in [2.75, 3.05) is 13.6 Å². The van der Waals surface area contributed by atoms with Crippen LogP contribution >= 0.6 is 0 Å². The van der Waals surface area contributed by atoms with Gasteiger partial charge in [-0.05, 0) is 72.7 Å². The zero-order valence-electron chi connectivity index (χ0n) is 19.2. The molecular weight excluding hydrogens is 428 g/mol. The van der Waals surface area contributed by atoms with Crippen LogP contribution in [0.4, 0.5) is 8.78 Å². The van der Waals surface area contributed by atoms with E-state index in [0.717, 1.165) is 41.7 Å². The van der Waals surface area contributed by atoms with Crippen molar-refractivity contribution in [2.24, 2.45) is 11.1 Å². The van der Waals surface area contributed by atoms with E-state index in [0.29, 0.717) is 25.3 Å². The normalized spacial score (nSPS) is 15.2. The molecule has 8 heteroatoms. The van der Waals surface area contributed by atoms with E-state index >= 15 is 0 Å². The number of alkyl halides is 2. The monoisotopic (exact) mass is 459 g/mol. The van der Waals surface area contributed by atoms with E-state index in [1.165, 1.54) is 25.6 Å². The zero-order valence-corrected chi connectivity index (χ0v) is 19.2. The summed E-state index contributed by atoms with van der Waals surface area (Å²) >= 11 is 0. The summed E-state index contributed by atoms with van der Waals surface area (Å²) in [5.41, 5.74) is 2.34. The van der Waals surface area contributed by atoms with Crippen LogP contribution in [0.25, 0.3) is 0 Å². The molecule has 0 N–H and O–H groups in total. The first-order valence-corrected chi connectivity index (χ1v) is 11.4. The van der Waals surface area contributed by atoms with Gasteiger partial charge in [0.2, 0.25) is 0 Å². The third-order valence-corrected chi connectivity index (χ3v) is 5.78. The Kier molecular flexibility index (Phi) is 8.74. The molecule has 1 aliphatic rings. The van der Waals surface area contributed by atoms with Crippen molar-refractivity contribution in [3.8, 4) is 5.75 Å². The minimum Gasteiger partial charge on any atom is -0.425 e. The zero-order chi connectivity index (χ0) is 23.7. The average Bonchev–Trinajstić information content (AvgIpc) is 2.83. The van der Waals surface area contributed by atoms with Crippen molar-refractivity contribution >= 4 is 11.6 Å². The van der Waals surface area contributed by atoms with Gasteiger partial charge in [0.15, 0.2) is 0 Å².